The van der Waals surface area contributed by atoms with Crippen LogP contribution in [0.5, 0.6) is 0 Å². The van der Waals surface area contributed by atoms with Crippen LogP contribution in [0.1, 0.15) is 35.2 Å². The zero-order valence-electron chi connectivity index (χ0n) is 11.0. The van der Waals surface area contributed by atoms with Crippen LogP contribution in [0.25, 0.3) is 0 Å². The van der Waals surface area contributed by atoms with Crippen LogP contribution < -0.4 is 5.32 Å². The lowest BCUT2D eigenvalue weighted by Gasteiger charge is -2.26. The van der Waals surface area contributed by atoms with Gasteiger partial charge in [0.25, 0.3) is 0 Å². The highest BCUT2D eigenvalue weighted by molar-refractivity contribution is 5.92. The Hall–Kier alpha value is -2.04. The van der Waals surface area contributed by atoms with E-state index in [0.29, 0.717) is 11.3 Å². The summed E-state index contributed by atoms with van der Waals surface area (Å²) in [7, 11) is 0. The van der Waals surface area contributed by atoms with E-state index in [4.69, 9.17) is 5.11 Å². The first-order valence-corrected chi connectivity index (χ1v) is 6.48. The third-order valence-electron chi connectivity index (χ3n) is 3.35. The summed E-state index contributed by atoms with van der Waals surface area (Å²) >= 11 is 0. The number of nitrogens with zero attached hydrogens (tertiary/aromatic N) is 1. The minimum absolute atomic E-state index is 0.109. The van der Waals surface area contributed by atoms with Gasteiger partial charge in [-0.1, -0.05) is 0 Å². The fourth-order valence-electron chi connectivity index (χ4n) is 2.28. The highest BCUT2D eigenvalue weighted by Crippen LogP contribution is 2.17. The number of carbonyl (C=O) groups is 2. The average Bonchev–Trinajstić information content (AvgIpc) is 2.39. The molecule has 0 radical (unpaired) electrons. The summed E-state index contributed by atoms with van der Waals surface area (Å²) < 4.78 is 0. The Labute approximate surface area is 112 Å². The van der Waals surface area contributed by atoms with Gasteiger partial charge in [0.05, 0.1) is 5.56 Å². The van der Waals surface area contributed by atoms with Crippen molar-refractivity contribution in [1.29, 1.82) is 0 Å². The lowest BCUT2D eigenvalue weighted by Crippen LogP contribution is -2.38. The number of carboxylic acid groups (broad SMARTS) is 1. The van der Waals surface area contributed by atoms with Gasteiger partial charge in [-0.25, -0.2) is 9.59 Å². The van der Waals surface area contributed by atoms with Crippen LogP contribution in [0.3, 0.4) is 0 Å². The molecule has 102 valence electrons. The number of aromatic carboxylic acids is 1. The highest BCUT2D eigenvalue weighted by Gasteiger charge is 2.16. The van der Waals surface area contributed by atoms with Crippen molar-refractivity contribution in [3.63, 3.8) is 0 Å². The normalized spacial score (nSPS) is 15.1. The number of amides is 2. The van der Waals surface area contributed by atoms with E-state index in [1.165, 1.54) is 12.5 Å². The van der Waals surface area contributed by atoms with Gasteiger partial charge in [0, 0.05) is 18.8 Å². The molecule has 1 aliphatic rings. The Morgan fingerprint density at radius 1 is 1.21 bits per heavy atom. The smallest absolute Gasteiger partial charge is 0.335 e. The maximum Gasteiger partial charge on any atom is 0.335 e. The summed E-state index contributed by atoms with van der Waals surface area (Å²) in [6.07, 6.45) is 3.27. The number of urea groups is 1. The SMILES string of the molecule is Cc1cc(NC(=O)N2CCCCC2)ccc1C(=O)O. The first-order chi connectivity index (χ1) is 9.08. The first-order valence-electron chi connectivity index (χ1n) is 6.48. The lowest BCUT2D eigenvalue weighted by molar-refractivity contribution is 0.0696. The standard InChI is InChI=1S/C14H18N2O3/c1-10-9-11(5-6-12(10)13(17)18)15-14(19)16-7-3-2-4-8-16/h5-6,9H,2-4,7-8H2,1H3,(H,15,19)(H,17,18). The number of anilines is 1. The fraction of sp³-hybridized carbons (Fsp3) is 0.429. The van der Waals surface area contributed by atoms with E-state index >= 15 is 0 Å². The molecule has 2 N–H and O–H groups in total. The molecule has 0 aromatic heterocycles. The van der Waals surface area contributed by atoms with E-state index in [2.05, 4.69) is 5.32 Å². The summed E-state index contributed by atoms with van der Waals surface area (Å²) in [5, 5.41) is 11.8. The van der Waals surface area contributed by atoms with Gasteiger partial charge in [-0.3, -0.25) is 0 Å². The minimum atomic E-state index is -0.952. The molecule has 1 aromatic rings. The second-order valence-corrected chi connectivity index (χ2v) is 4.81. The predicted molar refractivity (Wildman–Crippen MR) is 72.6 cm³/mol. The van der Waals surface area contributed by atoms with Crippen LogP contribution in [0.4, 0.5) is 10.5 Å². The highest BCUT2D eigenvalue weighted by atomic mass is 16.4. The Bertz CT molecular complexity index is 493. The van der Waals surface area contributed by atoms with Crippen LogP contribution in [0, 0.1) is 6.92 Å². The molecule has 2 amide bonds. The number of likely N-dealkylation sites (tertiary alicyclic amines) is 1. The van der Waals surface area contributed by atoms with Gasteiger partial charge in [-0.15, -0.1) is 0 Å². The van der Waals surface area contributed by atoms with Crippen molar-refractivity contribution < 1.29 is 14.7 Å². The number of hydrogen-bond acceptors (Lipinski definition) is 2. The van der Waals surface area contributed by atoms with Crippen LogP contribution >= 0.6 is 0 Å². The number of benzene rings is 1. The molecule has 5 nitrogen and oxygen atoms in total. The topological polar surface area (TPSA) is 69.6 Å². The zero-order chi connectivity index (χ0) is 13.8. The molecule has 0 aliphatic carbocycles. The average molecular weight is 262 g/mol. The molecule has 19 heavy (non-hydrogen) atoms. The van der Waals surface area contributed by atoms with Gasteiger partial charge in [0.1, 0.15) is 0 Å². The minimum Gasteiger partial charge on any atom is -0.478 e. The van der Waals surface area contributed by atoms with E-state index in [-0.39, 0.29) is 11.6 Å². The van der Waals surface area contributed by atoms with Crippen molar-refractivity contribution >= 4 is 17.7 Å². The van der Waals surface area contributed by atoms with Gasteiger partial charge >= 0.3 is 12.0 Å². The summed E-state index contributed by atoms with van der Waals surface area (Å²) in [6.45, 7) is 3.30. The van der Waals surface area contributed by atoms with Gasteiger partial charge in [0.2, 0.25) is 0 Å². The maximum atomic E-state index is 12.0. The number of carboxylic acids is 1. The second kappa shape index (κ2) is 5.73. The number of rotatable bonds is 2. The first kappa shape index (κ1) is 13.4. The van der Waals surface area contributed by atoms with Gasteiger partial charge in [0.15, 0.2) is 0 Å². The molecule has 0 spiro atoms. The molecule has 0 bridgehead atoms. The van der Waals surface area contributed by atoms with Gasteiger partial charge in [-0.2, -0.15) is 0 Å². The van der Waals surface area contributed by atoms with E-state index in [1.54, 1.807) is 24.0 Å². The number of nitrogens with one attached hydrogen (secondary N) is 1. The number of aryl methyl sites for hydroxylation is 1. The van der Waals surface area contributed by atoms with Crippen LogP contribution in [-0.4, -0.2) is 35.1 Å². The number of piperidine rings is 1. The van der Waals surface area contributed by atoms with Crippen molar-refractivity contribution in [1.82, 2.24) is 4.90 Å². The van der Waals surface area contributed by atoms with E-state index in [1.807, 2.05) is 0 Å². The molecule has 5 heteroatoms. The third-order valence-corrected chi connectivity index (χ3v) is 3.35. The molecule has 0 saturated carbocycles. The fourth-order valence-corrected chi connectivity index (χ4v) is 2.28. The zero-order valence-corrected chi connectivity index (χ0v) is 11.0. The monoisotopic (exact) mass is 262 g/mol. The summed E-state index contributed by atoms with van der Waals surface area (Å²) in [5.41, 5.74) is 1.54. The van der Waals surface area contributed by atoms with E-state index in [0.717, 1.165) is 25.9 Å². The quantitative estimate of drug-likeness (QED) is 0.861. The summed E-state index contributed by atoms with van der Waals surface area (Å²) in [5.74, 6) is -0.952. The van der Waals surface area contributed by atoms with Crippen LogP contribution in [-0.2, 0) is 0 Å². The molecule has 0 atom stereocenters. The van der Waals surface area contributed by atoms with Crippen molar-refractivity contribution in [2.24, 2.45) is 0 Å². The molecule has 1 fully saturated rings. The van der Waals surface area contributed by atoms with Crippen molar-refractivity contribution in [3.05, 3.63) is 29.3 Å². The molecule has 1 heterocycles. The Morgan fingerprint density at radius 3 is 2.47 bits per heavy atom. The molecule has 2 rings (SSSR count). The Kier molecular flexibility index (Phi) is 4.04. The number of carbonyl (C=O) groups excluding carboxylic acids is 1. The second-order valence-electron chi connectivity index (χ2n) is 4.81. The van der Waals surface area contributed by atoms with Crippen LogP contribution in [0.2, 0.25) is 0 Å². The third kappa shape index (κ3) is 3.24. The Morgan fingerprint density at radius 2 is 1.89 bits per heavy atom. The van der Waals surface area contributed by atoms with Gasteiger partial charge < -0.3 is 15.3 Å². The summed E-state index contributed by atoms with van der Waals surface area (Å²) in [6, 6.07) is 4.72. The molecular formula is C14H18N2O3. The molecule has 0 unspecified atom stereocenters. The van der Waals surface area contributed by atoms with E-state index in [9.17, 15) is 9.59 Å². The van der Waals surface area contributed by atoms with Crippen molar-refractivity contribution in [2.45, 2.75) is 26.2 Å². The Balaban J connectivity index is 2.04. The molecule has 1 saturated heterocycles. The van der Waals surface area contributed by atoms with Crippen LogP contribution in [0.15, 0.2) is 18.2 Å². The largest absolute Gasteiger partial charge is 0.478 e. The summed E-state index contributed by atoms with van der Waals surface area (Å²) in [4.78, 5) is 24.7. The van der Waals surface area contributed by atoms with Gasteiger partial charge in [-0.05, 0) is 49.9 Å². The lowest BCUT2D eigenvalue weighted by atomic mass is 10.1. The number of hydrogen-bond donors (Lipinski definition) is 2. The maximum absolute atomic E-state index is 12.0. The molecule has 1 aromatic carbocycles. The van der Waals surface area contributed by atoms with E-state index < -0.39 is 5.97 Å². The van der Waals surface area contributed by atoms with Crippen molar-refractivity contribution in [2.75, 3.05) is 18.4 Å². The van der Waals surface area contributed by atoms with Crippen molar-refractivity contribution in [3.8, 4) is 0 Å². The predicted octanol–water partition coefficient (Wildman–Crippen LogP) is 2.71. The molecule has 1 aliphatic heterocycles. The molecular weight excluding hydrogens is 244 g/mol.